The molecule has 0 aliphatic heterocycles. The third-order valence-electron chi connectivity index (χ3n) is 3.26. The van der Waals surface area contributed by atoms with E-state index in [-0.39, 0.29) is 24.0 Å². The van der Waals surface area contributed by atoms with E-state index in [1.54, 1.807) is 6.20 Å². The highest BCUT2D eigenvalue weighted by molar-refractivity contribution is 14.0. The molecular formula is C18H33IN4O2. The van der Waals surface area contributed by atoms with E-state index < -0.39 is 0 Å². The average molecular weight is 464 g/mol. The van der Waals surface area contributed by atoms with Gasteiger partial charge in [0, 0.05) is 38.6 Å². The molecule has 0 fully saturated rings. The molecule has 0 spiro atoms. The zero-order valence-electron chi connectivity index (χ0n) is 15.7. The summed E-state index contributed by atoms with van der Waals surface area (Å²) in [6, 6.07) is 3.88. The van der Waals surface area contributed by atoms with E-state index in [2.05, 4.69) is 34.5 Å². The van der Waals surface area contributed by atoms with Crippen molar-refractivity contribution < 1.29 is 9.47 Å². The van der Waals surface area contributed by atoms with Gasteiger partial charge in [-0.15, -0.1) is 24.0 Å². The SMILES string of the molecule is CCCCOCCCNC(=NCc1ccnc(OCC)c1)NCC.I. The number of pyridine rings is 1. The molecule has 0 bridgehead atoms. The third-order valence-corrected chi connectivity index (χ3v) is 3.26. The Labute approximate surface area is 169 Å². The van der Waals surface area contributed by atoms with Crippen molar-refractivity contribution >= 4 is 29.9 Å². The normalized spacial score (nSPS) is 10.9. The van der Waals surface area contributed by atoms with Gasteiger partial charge in [0.15, 0.2) is 5.96 Å². The quantitative estimate of drug-likeness (QED) is 0.215. The molecule has 0 amide bonds. The molecule has 0 aliphatic rings. The lowest BCUT2D eigenvalue weighted by molar-refractivity contribution is 0.129. The van der Waals surface area contributed by atoms with Crippen molar-refractivity contribution in [2.24, 2.45) is 4.99 Å². The number of rotatable bonds is 12. The number of nitrogens with one attached hydrogen (secondary N) is 2. The molecule has 0 unspecified atom stereocenters. The second kappa shape index (κ2) is 16.4. The smallest absolute Gasteiger partial charge is 0.213 e. The minimum absolute atomic E-state index is 0. The van der Waals surface area contributed by atoms with E-state index in [0.717, 1.165) is 50.7 Å². The molecule has 25 heavy (non-hydrogen) atoms. The number of unbranched alkanes of at least 4 members (excludes halogenated alkanes) is 1. The van der Waals surface area contributed by atoms with E-state index in [4.69, 9.17) is 9.47 Å². The maximum Gasteiger partial charge on any atom is 0.213 e. The Morgan fingerprint density at radius 2 is 1.96 bits per heavy atom. The number of nitrogens with zero attached hydrogens (tertiary/aromatic N) is 2. The van der Waals surface area contributed by atoms with Crippen LogP contribution >= 0.6 is 24.0 Å². The summed E-state index contributed by atoms with van der Waals surface area (Å²) in [5, 5.41) is 6.59. The summed E-state index contributed by atoms with van der Waals surface area (Å²) in [6.45, 7) is 10.7. The molecule has 144 valence electrons. The maximum absolute atomic E-state index is 5.56. The maximum atomic E-state index is 5.56. The summed E-state index contributed by atoms with van der Waals surface area (Å²) in [5.41, 5.74) is 1.08. The number of aromatic nitrogens is 1. The van der Waals surface area contributed by atoms with Gasteiger partial charge in [0.1, 0.15) is 0 Å². The molecule has 0 atom stereocenters. The van der Waals surface area contributed by atoms with Gasteiger partial charge in [0.25, 0.3) is 0 Å². The molecular weight excluding hydrogens is 431 g/mol. The Hall–Kier alpha value is -1.09. The molecule has 1 rings (SSSR count). The predicted molar refractivity (Wildman–Crippen MR) is 114 cm³/mol. The Morgan fingerprint density at radius 3 is 2.68 bits per heavy atom. The Morgan fingerprint density at radius 1 is 1.16 bits per heavy atom. The number of ether oxygens (including phenoxy) is 2. The first-order valence-corrected chi connectivity index (χ1v) is 8.97. The summed E-state index contributed by atoms with van der Waals surface area (Å²) in [4.78, 5) is 8.77. The Kier molecular flexibility index (Phi) is 15.7. The van der Waals surface area contributed by atoms with Gasteiger partial charge in [-0.2, -0.15) is 0 Å². The van der Waals surface area contributed by atoms with Crippen molar-refractivity contribution in [2.75, 3.05) is 32.9 Å². The lowest BCUT2D eigenvalue weighted by atomic mass is 10.3. The van der Waals surface area contributed by atoms with Crippen molar-refractivity contribution in [3.05, 3.63) is 23.9 Å². The van der Waals surface area contributed by atoms with E-state index in [0.29, 0.717) is 19.0 Å². The zero-order chi connectivity index (χ0) is 17.5. The molecule has 0 radical (unpaired) electrons. The predicted octanol–water partition coefficient (Wildman–Crippen LogP) is 3.36. The van der Waals surface area contributed by atoms with E-state index in [1.807, 2.05) is 19.1 Å². The van der Waals surface area contributed by atoms with Crippen molar-refractivity contribution in [2.45, 2.75) is 46.6 Å². The van der Waals surface area contributed by atoms with Gasteiger partial charge in [-0.1, -0.05) is 13.3 Å². The van der Waals surface area contributed by atoms with Gasteiger partial charge in [-0.25, -0.2) is 9.98 Å². The lowest BCUT2D eigenvalue weighted by Crippen LogP contribution is -2.38. The van der Waals surface area contributed by atoms with Crippen LogP contribution in [0.2, 0.25) is 0 Å². The van der Waals surface area contributed by atoms with Gasteiger partial charge in [-0.3, -0.25) is 0 Å². The number of halogens is 1. The van der Waals surface area contributed by atoms with Crippen molar-refractivity contribution in [3.63, 3.8) is 0 Å². The molecule has 0 saturated heterocycles. The fourth-order valence-corrected chi connectivity index (χ4v) is 2.02. The molecule has 1 heterocycles. The highest BCUT2D eigenvalue weighted by Gasteiger charge is 2.00. The fraction of sp³-hybridized carbons (Fsp3) is 0.667. The molecule has 1 aromatic heterocycles. The third kappa shape index (κ3) is 12.0. The molecule has 7 heteroatoms. The summed E-state index contributed by atoms with van der Waals surface area (Å²) in [5.74, 6) is 1.47. The van der Waals surface area contributed by atoms with Gasteiger partial charge in [0.2, 0.25) is 5.88 Å². The largest absolute Gasteiger partial charge is 0.478 e. The summed E-state index contributed by atoms with van der Waals surface area (Å²) >= 11 is 0. The highest BCUT2D eigenvalue weighted by atomic mass is 127. The number of guanidine groups is 1. The second-order valence-electron chi connectivity index (χ2n) is 5.38. The summed E-state index contributed by atoms with van der Waals surface area (Å²) in [7, 11) is 0. The number of aliphatic imine (C=N–C) groups is 1. The first-order valence-electron chi connectivity index (χ1n) is 8.97. The van der Waals surface area contributed by atoms with Gasteiger partial charge in [-0.05, 0) is 38.3 Å². The zero-order valence-corrected chi connectivity index (χ0v) is 18.0. The molecule has 6 nitrogen and oxygen atoms in total. The van der Waals surface area contributed by atoms with Crippen LogP contribution in [0.25, 0.3) is 0 Å². The standard InChI is InChI=1S/C18H32N4O2.HI/c1-4-7-12-23-13-8-10-21-18(19-5-2)22-15-16-9-11-20-17(14-16)24-6-3;/h9,11,14H,4-8,10,12-13,15H2,1-3H3,(H2,19,21,22);1H. The second-order valence-corrected chi connectivity index (χ2v) is 5.38. The van der Waals surface area contributed by atoms with E-state index >= 15 is 0 Å². The van der Waals surface area contributed by atoms with Crippen LogP contribution in [-0.4, -0.2) is 43.9 Å². The van der Waals surface area contributed by atoms with Gasteiger partial charge in [0.05, 0.1) is 13.2 Å². The Balaban J connectivity index is 0.00000576. The van der Waals surface area contributed by atoms with Crippen LogP contribution in [0.4, 0.5) is 0 Å². The molecule has 0 saturated carbocycles. The van der Waals surface area contributed by atoms with Gasteiger partial charge >= 0.3 is 0 Å². The molecule has 0 aromatic carbocycles. The molecule has 0 aliphatic carbocycles. The minimum Gasteiger partial charge on any atom is -0.478 e. The van der Waals surface area contributed by atoms with Crippen LogP contribution < -0.4 is 15.4 Å². The number of hydrogen-bond acceptors (Lipinski definition) is 4. The Bertz CT molecular complexity index is 472. The van der Waals surface area contributed by atoms with Crippen molar-refractivity contribution in [1.82, 2.24) is 15.6 Å². The fourth-order valence-electron chi connectivity index (χ4n) is 2.02. The first-order chi connectivity index (χ1) is 11.8. The molecule has 1 aromatic rings. The molecule has 2 N–H and O–H groups in total. The average Bonchev–Trinajstić information content (AvgIpc) is 2.59. The van der Waals surface area contributed by atoms with Crippen LogP contribution in [0.3, 0.4) is 0 Å². The first kappa shape index (κ1) is 23.9. The van der Waals surface area contributed by atoms with E-state index in [1.165, 1.54) is 6.42 Å². The summed E-state index contributed by atoms with van der Waals surface area (Å²) < 4.78 is 11.0. The lowest BCUT2D eigenvalue weighted by Gasteiger charge is -2.11. The van der Waals surface area contributed by atoms with Crippen molar-refractivity contribution in [3.8, 4) is 5.88 Å². The van der Waals surface area contributed by atoms with Crippen LogP contribution in [0, 0.1) is 0 Å². The van der Waals surface area contributed by atoms with Crippen LogP contribution in [0.1, 0.15) is 45.6 Å². The van der Waals surface area contributed by atoms with Crippen LogP contribution in [-0.2, 0) is 11.3 Å². The van der Waals surface area contributed by atoms with E-state index in [9.17, 15) is 0 Å². The number of hydrogen-bond donors (Lipinski definition) is 2. The minimum atomic E-state index is 0. The van der Waals surface area contributed by atoms with Crippen LogP contribution in [0.15, 0.2) is 23.3 Å². The van der Waals surface area contributed by atoms with Crippen LogP contribution in [0.5, 0.6) is 5.88 Å². The summed E-state index contributed by atoms with van der Waals surface area (Å²) in [6.07, 6.45) is 5.03. The van der Waals surface area contributed by atoms with Crippen molar-refractivity contribution in [1.29, 1.82) is 0 Å². The highest BCUT2D eigenvalue weighted by Crippen LogP contribution is 2.10. The topological polar surface area (TPSA) is 67.8 Å². The van der Waals surface area contributed by atoms with Gasteiger partial charge < -0.3 is 20.1 Å². The monoisotopic (exact) mass is 464 g/mol.